The summed E-state index contributed by atoms with van der Waals surface area (Å²) < 4.78 is 13.2. The summed E-state index contributed by atoms with van der Waals surface area (Å²) >= 11 is 0. The lowest BCUT2D eigenvalue weighted by molar-refractivity contribution is -0.107. The van der Waals surface area contributed by atoms with Gasteiger partial charge in [0.15, 0.2) is 0 Å². The van der Waals surface area contributed by atoms with Crippen LogP contribution in [-0.4, -0.2) is 12.4 Å². The molecular formula is C15H15O2P. The fraction of sp³-hybridized carbons (Fsp3) is 0.133. The summed E-state index contributed by atoms with van der Waals surface area (Å²) in [7, 11) is -2.67. The highest BCUT2D eigenvalue weighted by Crippen LogP contribution is 2.43. The van der Waals surface area contributed by atoms with E-state index in [0.29, 0.717) is 12.6 Å². The second-order valence-electron chi connectivity index (χ2n) is 4.09. The SMILES string of the molecule is O=CCCP(=O)(c1ccccc1)c1ccccc1. The minimum atomic E-state index is -2.67. The second-order valence-corrected chi connectivity index (χ2v) is 7.05. The molecule has 0 spiro atoms. The molecule has 0 aromatic heterocycles. The molecule has 0 fully saturated rings. The lowest BCUT2D eigenvalue weighted by Gasteiger charge is -2.18. The van der Waals surface area contributed by atoms with Gasteiger partial charge in [-0.3, -0.25) is 0 Å². The number of hydrogen-bond donors (Lipinski definition) is 0. The maximum absolute atomic E-state index is 13.2. The van der Waals surface area contributed by atoms with Gasteiger partial charge in [-0.25, -0.2) is 0 Å². The molecule has 2 rings (SSSR count). The van der Waals surface area contributed by atoms with Crippen molar-refractivity contribution in [1.29, 1.82) is 0 Å². The number of hydrogen-bond acceptors (Lipinski definition) is 2. The van der Waals surface area contributed by atoms with Crippen LogP contribution in [0.4, 0.5) is 0 Å². The molecule has 2 aromatic carbocycles. The van der Waals surface area contributed by atoms with Crippen LogP contribution in [0.15, 0.2) is 60.7 Å². The van der Waals surface area contributed by atoms with Gasteiger partial charge in [-0.1, -0.05) is 60.7 Å². The first kappa shape index (κ1) is 12.8. The first-order valence-corrected chi connectivity index (χ1v) is 7.80. The summed E-state index contributed by atoms with van der Waals surface area (Å²) in [6, 6.07) is 18.8. The molecule has 0 aliphatic heterocycles. The molecule has 0 saturated heterocycles. The Kier molecular flexibility index (Phi) is 4.11. The number of carbonyl (C=O) groups excluding carboxylic acids is 1. The highest BCUT2D eigenvalue weighted by atomic mass is 31.2. The van der Waals surface area contributed by atoms with Crippen molar-refractivity contribution in [2.45, 2.75) is 6.42 Å². The predicted octanol–water partition coefficient (Wildman–Crippen LogP) is 2.59. The van der Waals surface area contributed by atoms with E-state index < -0.39 is 7.14 Å². The van der Waals surface area contributed by atoms with Crippen LogP contribution >= 0.6 is 7.14 Å². The van der Waals surface area contributed by atoms with Gasteiger partial charge in [0, 0.05) is 23.2 Å². The molecule has 92 valence electrons. The van der Waals surface area contributed by atoms with Crippen molar-refractivity contribution in [1.82, 2.24) is 0 Å². The Morgan fingerprint density at radius 3 is 1.67 bits per heavy atom. The van der Waals surface area contributed by atoms with Gasteiger partial charge in [0.2, 0.25) is 0 Å². The maximum Gasteiger partial charge on any atom is 0.143 e. The fourth-order valence-electron chi connectivity index (χ4n) is 1.98. The van der Waals surface area contributed by atoms with Gasteiger partial charge in [-0.2, -0.15) is 0 Å². The van der Waals surface area contributed by atoms with Gasteiger partial charge < -0.3 is 9.36 Å². The number of carbonyl (C=O) groups is 1. The second kappa shape index (κ2) is 5.79. The Morgan fingerprint density at radius 1 is 0.833 bits per heavy atom. The van der Waals surface area contributed by atoms with Gasteiger partial charge in [0.05, 0.1) is 0 Å². The van der Waals surface area contributed by atoms with Crippen LogP contribution in [0.1, 0.15) is 6.42 Å². The average Bonchev–Trinajstić information content (AvgIpc) is 2.46. The number of aldehydes is 1. The molecule has 3 heteroatoms. The van der Waals surface area contributed by atoms with Gasteiger partial charge in [-0.05, 0) is 0 Å². The molecule has 0 aliphatic rings. The molecule has 0 amide bonds. The van der Waals surface area contributed by atoms with E-state index in [-0.39, 0.29) is 0 Å². The summed E-state index contributed by atoms with van der Waals surface area (Å²) in [5, 5.41) is 1.64. The van der Waals surface area contributed by atoms with Crippen LogP contribution < -0.4 is 10.6 Å². The van der Waals surface area contributed by atoms with E-state index in [1.165, 1.54) is 0 Å². The zero-order chi connectivity index (χ0) is 12.8. The maximum atomic E-state index is 13.2. The summed E-state index contributed by atoms with van der Waals surface area (Å²) in [5.41, 5.74) is 0. The van der Waals surface area contributed by atoms with Crippen LogP contribution in [0.2, 0.25) is 0 Å². The van der Waals surface area contributed by atoms with Gasteiger partial charge in [0.25, 0.3) is 0 Å². The molecule has 18 heavy (non-hydrogen) atoms. The Labute approximate surface area is 107 Å². The summed E-state index contributed by atoms with van der Waals surface area (Å²) in [4.78, 5) is 10.6. The van der Waals surface area contributed by atoms with Crippen molar-refractivity contribution in [2.24, 2.45) is 0 Å². The monoisotopic (exact) mass is 258 g/mol. The smallest absolute Gasteiger partial charge is 0.143 e. The Balaban J connectivity index is 2.48. The first-order valence-electron chi connectivity index (χ1n) is 5.91. The summed E-state index contributed by atoms with van der Waals surface area (Å²) in [6.07, 6.45) is 1.55. The van der Waals surface area contributed by atoms with Crippen molar-refractivity contribution in [3.63, 3.8) is 0 Å². The predicted molar refractivity (Wildman–Crippen MR) is 75.3 cm³/mol. The van der Waals surface area contributed by atoms with Crippen LogP contribution in [0, 0.1) is 0 Å². The minimum absolute atomic E-state index is 0.321. The molecule has 0 heterocycles. The third-order valence-corrected chi connectivity index (χ3v) is 6.06. The molecule has 0 bridgehead atoms. The summed E-state index contributed by atoms with van der Waals surface area (Å²) in [5.74, 6) is 0. The fourth-order valence-corrected chi connectivity index (χ4v) is 4.57. The Morgan fingerprint density at radius 2 is 1.28 bits per heavy atom. The Bertz CT molecular complexity index is 506. The lowest BCUT2D eigenvalue weighted by Crippen LogP contribution is -2.18. The quantitative estimate of drug-likeness (QED) is 0.610. The normalized spacial score (nSPS) is 11.1. The minimum Gasteiger partial charge on any atom is -0.314 e. The molecule has 0 radical (unpaired) electrons. The van der Waals surface area contributed by atoms with Crippen molar-refractivity contribution in [3.05, 3.63) is 60.7 Å². The Hall–Kier alpha value is -1.66. The largest absolute Gasteiger partial charge is 0.314 e. The van der Waals surface area contributed by atoms with E-state index in [1.807, 2.05) is 60.7 Å². The molecule has 2 aromatic rings. The van der Waals surface area contributed by atoms with E-state index in [1.54, 1.807) is 0 Å². The highest BCUT2D eigenvalue weighted by molar-refractivity contribution is 7.78. The molecule has 0 unspecified atom stereocenters. The van der Waals surface area contributed by atoms with Gasteiger partial charge in [-0.15, -0.1) is 0 Å². The molecule has 0 aliphatic carbocycles. The van der Waals surface area contributed by atoms with Crippen molar-refractivity contribution in [3.8, 4) is 0 Å². The molecule has 0 saturated carbocycles. The van der Waals surface area contributed by atoms with E-state index in [2.05, 4.69) is 0 Å². The molecule has 0 atom stereocenters. The van der Waals surface area contributed by atoms with Gasteiger partial charge >= 0.3 is 0 Å². The standard InChI is InChI=1S/C15H15O2P/c16-12-7-13-18(17,14-8-3-1-4-9-14)15-10-5-2-6-11-15/h1-6,8-12H,7,13H2. The third kappa shape index (κ3) is 2.60. The average molecular weight is 258 g/mol. The van der Waals surface area contributed by atoms with Crippen LogP contribution in [-0.2, 0) is 9.36 Å². The third-order valence-electron chi connectivity index (χ3n) is 2.91. The van der Waals surface area contributed by atoms with E-state index in [9.17, 15) is 9.36 Å². The molecule has 2 nitrogen and oxygen atoms in total. The van der Waals surface area contributed by atoms with E-state index in [0.717, 1.165) is 16.9 Å². The highest BCUT2D eigenvalue weighted by Gasteiger charge is 2.26. The van der Waals surface area contributed by atoms with Crippen LogP contribution in [0.3, 0.4) is 0 Å². The molecule has 0 N–H and O–H groups in total. The number of benzene rings is 2. The first-order chi connectivity index (χ1) is 8.77. The zero-order valence-electron chi connectivity index (χ0n) is 10.0. The van der Waals surface area contributed by atoms with Crippen LogP contribution in [0.5, 0.6) is 0 Å². The summed E-state index contributed by atoms with van der Waals surface area (Å²) in [6.45, 7) is 0. The van der Waals surface area contributed by atoms with Crippen LogP contribution in [0.25, 0.3) is 0 Å². The topological polar surface area (TPSA) is 34.1 Å². The zero-order valence-corrected chi connectivity index (χ0v) is 10.9. The number of rotatable bonds is 5. The van der Waals surface area contributed by atoms with Crippen molar-refractivity contribution < 1.29 is 9.36 Å². The van der Waals surface area contributed by atoms with E-state index in [4.69, 9.17) is 0 Å². The van der Waals surface area contributed by atoms with E-state index >= 15 is 0 Å². The van der Waals surface area contributed by atoms with Gasteiger partial charge in [0.1, 0.15) is 13.4 Å². The molecular weight excluding hydrogens is 243 g/mol. The van der Waals surface area contributed by atoms with Crippen molar-refractivity contribution >= 4 is 24.0 Å². The van der Waals surface area contributed by atoms with Crippen molar-refractivity contribution in [2.75, 3.05) is 6.16 Å². The lowest BCUT2D eigenvalue weighted by atomic mass is 10.4.